The number of thioether (sulfide) groups is 1. The lowest BCUT2D eigenvalue weighted by molar-refractivity contribution is -0.113. The first kappa shape index (κ1) is 18.8. The summed E-state index contributed by atoms with van der Waals surface area (Å²) in [5, 5.41) is 4.66. The molecule has 0 saturated heterocycles. The van der Waals surface area contributed by atoms with Crippen molar-refractivity contribution in [3.05, 3.63) is 53.3 Å². The number of benzene rings is 2. The van der Waals surface area contributed by atoms with Crippen LogP contribution in [-0.2, 0) is 4.79 Å². The maximum absolute atomic E-state index is 12.4. The number of H-pyrrole nitrogens is 1. The molecule has 28 heavy (non-hydrogen) atoms. The number of aromatic amines is 1. The number of aromatic nitrogens is 3. The van der Waals surface area contributed by atoms with E-state index in [1.807, 2.05) is 49.4 Å². The fourth-order valence-corrected chi connectivity index (χ4v) is 4.04. The molecule has 6 nitrogen and oxygen atoms in total. The molecule has 0 saturated carbocycles. The number of para-hydroxylation sites is 2. The van der Waals surface area contributed by atoms with Crippen LogP contribution in [0, 0.1) is 0 Å². The number of fused-ring (bicyclic) bond motifs is 3. The molecule has 8 heteroatoms. The molecule has 0 aliphatic heterocycles. The molecule has 2 N–H and O–H groups in total. The highest BCUT2D eigenvalue weighted by atomic mass is 79.9. The summed E-state index contributed by atoms with van der Waals surface area (Å²) in [7, 11) is 0. The van der Waals surface area contributed by atoms with Gasteiger partial charge in [-0.1, -0.05) is 39.8 Å². The summed E-state index contributed by atoms with van der Waals surface area (Å²) in [6.45, 7) is 2.45. The van der Waals surface area contributed by atoms with Crippen molar-refractivity contribution in [3.63, 3.8) is 0 Å². The van der Waals surface area contributed by atoms with Crippen LogP contribution in [-0.4, -0.2) is 33.2 Å². The lowest BCUT2D eigenvalue weighted by Crippen LogP contribution is -2.15. The highest BCUT2D eigenvalue weighted by molar-refractivity contribution is 9.10. The van der Waals surface area contributed by atoms with E-state index in [4.69, 9.17) is 4.74 Å². The number of amides is 1. The Hall–Kier alpha value is -2.58. The van der Waals surface area contributed by atoms with E-state index in [9.17, 15) is 4.79 Å². The average Bonchev–Trinajstić information content (AvgIpc) is 3.06. The van der Waals surface area contributed by atoms with Crippen LogP contribution in [0.1, 0.15) is 6.92 Å². The van der Waals surface area contributed by atoms with Gasteiger partial charge in [0, 0.05) is 15.4 Å². The molecule has 0 fully saturated rings. The number of hydrogen-bond donors (Lipinski definition) is 2. The summed E-state index contributed by atoms with van der Waals surface area (Å²) in [5.41, 5.74) is 3.33. The van der Waals surface area contributed by atoms with Gasteiger partial charge in [0.15, 0.2) is 0 Å². The third-order valence-electron chi connectivity index (χ3n) is 4.11. The molecule has 2 aromatic heterocycles. The Morgan fingerprint density at radius 2 is 2.11 bits per heavy atom. The Morgan fingerprint density at radius 3 is 2.96 bits per heavy atom. The van der Waals surface area contributed by atoms with E-state index in [1.165, 1.54) is 18.1 Å². The van der Waals surface area contributed by atoms with Crippen molar-refractivity contribution in [3.8, 4) is 5.75 Å². The van der Waals surface area contributed by atoms with Crippen LogP contribution in [0.4, 0.5) is 5.69 Å². The molecule has 0 aliphatic rings. The second-order valence-corrected chi connectivity index (χ2v) is 7.86. The molecule has 4 rings (SSSR count). The van der Waals surface area contributed by atoms with Gasteiger partial charge in [-0.25, -0.2) is 9.97 Å². The Bertz CT molecular complexity index is 1160. The predicted molar refractivity (Wildman–Crippen MR) is 116 cm³/mol. The largest absolute Gasteiger partial charge is 0.492 e. The molecule has 0 unspecified atom stereocenters. The van der Waals surface area contributed by atoms with Crippen molar-refractivity contribution in [2.24, 2.45) is 0 Å². The molecular weight excluding hydrogens is 440 g/mol. The molecule has 0 bridgehead atoms. The predicted octanol–water partition coefficient (Wildman–Crippen LogP) is 5.00. The highest BCUT2D eigenvalue weighted by Crippen LogP contribution is 2.31. The second kappa shape index (κ2) is 8.20. The number of ether oxygens (including phenoxy) is 1. The van der Waals surface area contributed by atoms with Crippen LogP contribution in [0.5, 0.6) is 5.75 Å². The van der Waals surface area contributed by atoms with E-state index in [1.54, 1.807) is 0 Å². The SMILES string of the molecule is CCOc1ccccc1NC(=O)CSc1ncnc2c1[nH]c1ccc(Br)cc12. The molecule has 2 aromatic carbocycles. The molecule has 4 aromatic rings. The number of carbonyl (C=O) groups is 1. The minimum absolute atomic E-state index is 0.122. The number of nitrogens with zero attached hydrogens (tertiary/aromatic N) is 2. The molecule has 0 aliphatic carbocycles. The topological polar surface area (TPSA) is 79.9 Å². The van der Waals surface area contributed by atoms with Gasteiger partial charge in [0.2, 0.25) is 5.91 Å². The first-order valence-electron chi connectivity index (χ1n) is 8.72. The normalized spacial score (nSPS) is 11.1. The van der Waals surface area contributed by atoms with Gasteiger partial charge in [0.05, 0.1) is 23.6 Å². The second-order valence-electron chi connectivity index (χ2n) is 5.98. The summed E-state index contributed by atoms with van der Waals surface area (Å²) < 4.78 is 6.54. The molecule has 0 atom stereocenters. The van der Waals surface area contributed by atoms with Crippen LogP contribution in [0.25, 0.3) is 21.9 Å². The van der Waals surface area contributed by atoms with Crippen molar-refractivity contribution >= 4 is 61.2 Å². The number of anilines is 1. The minimum Gasteiger partial charge on any atom is -0.492 e. The zero-order valence-electron chi connectivity index (χ0n) is 15.0. The lowest BCUT2D eigenvalue weighted by Gasteiger charge is -2.11. The number of rotatable bonds is 6. The summed E-state index contributed by atoms with van der Waals surface area (Å²) in [6, 6.07) is 13.4. The number of carbonyl (C=O) groups excluding carboxylic acids is 1. The van der Waals surface area contributed by atoms with Crippen LogP contribution < -0.4 is 10.1 Å². The molecule has 1 amide bonds. The summed E-state index contributed by atoms with van der Waals surface area (Å²) in [4.78, 5) is 24.6. The third-order valence-corrected chi connectivity index (χ3v) is 5.59. The van der Waals surface area contributed by atoms with Crippen molar-refractivity contribution in [2.75, 3.05) is 17.7 Å². The van der Waals surface area contributed by atoms with E-state index in [0.29, 0.717) is 18.0 Å². The van der Waals surface area contributed by atoms with Gasteiger partial charge in [-0.05, 0) is 37.3 Å². The van der Waals surface area contributed by atoms with Gasteiger partial charge < -0.3 is 15.0 Å². The van der Waals surface area contributed by atoms with Crippen molar-refractivity contribution in [2.45, 2.75) is 11.9 Å². The average molecular weight is 457 g/mol. The van der Waals surface area contributed by atoms with Crippen molar-refractivity contribution in [1.29, 1.82) is 0 Å². The fourth-order valence-electron chi connectivity index (χ4n) is 2.92. The Labute approximate surface area is 174 Å². The maximum atomic E-state index is 12.4. The molecule has 142 valence electrons. The molecular formula is C20H17BrN4O2S. The lowest BCUT2D eigenvalue weighted by atomic mass is 10.2. The summed E-state index contributed by atoms with van der Waals surface area (Å²) in [6.07, 6.45) is 1.53. The van der Waals surface area contributed by atoms with Gasteiger partial charge in [-0.2, -0.15) is 0 Å². The molecule has 0 spiro atoms. The van der Waals surface area contributed by atoms with Gasteiger partial charge >= 0.3 is 0 Å². The van der Waals surface area contributed by atoms with E-state index >= 15 is 0 Å². The Balaban J connectivity index is 1.53. The number of halogens is 1. The van der Waals surface area contributed by atoms with Crippen molar-refractivity contribution in [1.82, 2.24) is 15.0 Å². The van der Waals surface area contributed by atoms with Crippen LogP contribution >= 0.6 is 27.7 Å². The van der Waals surface area contributed by atoms with Crippen molar-refractivity contribution < 1.29 is 9.53 Å². The highest BCUT2D eigenvalue weighted by Gasteiger charge is 2.14. The van der Waals surface area contributed by atoms with Crippen LogP contribution in [0.2, 0.25) is 0 Å². The van der Waals surface area contributed by atoms with Gasteiger partial charge in [-0.15, -0.1) is 0 Å². The number of hydrogen-bond acceptors (Lipinski definition) is 5. The standard InChI is InChI=1S/C20H17BrN4O2S/c1-2-27-16-6-4-3-5-15(16)24-17(26)10-28-20-19-18(22-11-23-20)13-9-12(21)7-8-14(13)25-19/h3-9,11,25H,2,10H2,1H3,(H,24,26). The molecule has 2 heterocycles. The third kappa shape index (κ3) is 3.83. The zero-order chi connectivity index (χ0) is 19.5. The van der Waals surface area contributed by atoms with E-state index in [2.05, 4.69) is 36.2 Å². The Kier molecular flexibility index (Phi) is 5.50. The first-order valence-corrected chi connectivity index (χ1v) is 10.5. The van der Waals surface area contributed by atoms with Crippen LogP contribution in [0.15, 0.2) is 58.3 Å². The van der Waals surface area contributed by atoms with Gasteiger partial charge in [0.25, 0.3) is 0 Å². The minimum atomic E-state index is -0.122. The van der Waals surface area contributed by atoms with E-state index in [0.717, 1.165) is 31.4 Å². The molecule has 0 radical (unpaired) electrons. The van der Waals surface area contributed by atoms with Crippen LogP contribution in [0.3, 0.4) is 0 Å². The monoisotopic (exact) mass is 456 g/mol. The Morgan fingerprint density at radius 1 is 1.25 bits per heavy atom. The zero-order valence-corrected chi connectivity index (χ0v) is 17.4. The van der Waals surface area contributed by atoms with Gasteiger partial charge in [0.1, 0.15) is 22.6 Å². The first-order chi connectivity index (χ1) is 13.7. The summed E-state index contributed by atoms with van der Waals surface area (Å²) in [5.74, 6) is 0.766. The smallest absolute Gasteiger partial charge is 0.234 e. The van der Waals surface area contributed by atoms with E-state index < -0.39 is 0 Å². The maximum Gasteiger partial charge on any atom is 0.234 e. The van der Waals surface area contributed by atoms with E-state index in [-0.39, 0.29) is 11.7 Å². The quantitative estimate of drug-likeness (QED) is 0.315. The van der Waals surface area contributed by atoms with Gasteiger partial charge in [-0.3, -0.25) is 4.79 Å². The number of nitrogens with one attached hydrogen (secondary N) is 2. The fraction of sp³-hybridized carbons (Fsp3) is 0.150. The summed E-state index contributed by atoms with van der Waals surface area (Å²) >= 11 is 4.86.